The third-order valence-corrected chi connectivity index (χ3v) is 4.60. The van der Waals surface area contributed by atoms with Crippen molar-refractivity contribution in [3.8, 4) is 23.0 Å². The highest BCUT2D eigenvalue weighted by Gasteiger charge is 2.12. The van der Waals surface area contributed by atoms with Crippen molar-refractivity contribution in [2.75, 3.05) is 32.8 Å². The van der Waals surface area contributed by atoms with E-state index in [9.17, 15) is 4.79 Å². The van der Waals surface area contributed by atoms with E-state index in [1.165, 1.54) is 13.3 Å². The van der Waals surface area contributed by atoms with E-state index in [0.717, 1.165) is 0 Å². The third-order valence-electron chi connectivity index (χ3n) is 4.32. The molecule has 33 heavy (non-hydrogen) atoms. The number of methoxy groups -OCH3 is 2. The van der Waals surface area contributed by atoms with Crippen molar-refractivity contribution in [2.45, 2.75) is 0 Å². The molecular weight excluding hydrogens is 446 g/mol. The second kappa shape index (κ2) is 12.2. The number of benzene rings is 3. The van der Waals surface area contributed by atoms with E-state index in [1.54, 1.807) is 31.4 Å². The fourth-order valence-corrected chi connectivity index (χ4v) is 3.11. The number of amides is 2. The lowest BCUT2D eigenvalue weighted by Gasteiger charge is -2.14. The summed E-state index contributed by atoms with van der Waals surface area (Å²) in [5.74, 6) is 2.07. The molecule has 0 aliphatic rings. The molecule has 0 spiro atoms. The third kappa shape index (κ3) is 7.05. The molecule has 0 bridgehead atoms. The molecule has 9 heteroatoms. The van der Waals surface area contributed by atoms with Gasteiger partial charge in [-0.15, -0.1) is 0 Å². The maximum absolute atomic E-state index is 11.9. The van der Waals surface area contributed by atoms with Crippen LogP contribution in [0.15, 0.2) is 71.8 Å². The molecule has 0 aliphatic carbocycles. The summed E-state index contributed by atoms with van der Waals surface area (Å²) in [6.45, 7) is 0.520. The zero-order valence-electron chi connectivity index (χ0n) is 18.2. The van der Waals surface area contributed by atoms with Crippen LogP contribution in [0.4, 0.5) is 10.5 Å². The van der Waals surface area contributed by atoms with E-state index in [2.05, 4.69) is 15.8 Å². The van der Waals surface area contributed by atoms with Crippen LogP contribution in [-0.2, 0) is 0 Å². The molecule has 0 unspecified atom stereocenters. The molecule has 0 heterocycles. The van der Waals surface area contributed by atoms with Crippen LogP contribution in [0.5, 0.6) is 23.0 Å². The fourth-order valence-electron chi connectivity index (χ4n) is 2.83. The molecule has 172 valence electrons. The number of nitrogens with one attached hydrogen (secondary N) is 2. The van der Waals surface area contributed by atoms with Gasteiger partial charge in [0, 0.05) is 5.69 Å². The van der Waals surface area contributed by atoms with E-state index in [-0.39, 0.29) is 13.2 Å². The van der Waals surface area contributed by atoms with Crippen LogP contribution in [-0.4, -0.2) is 39.7 Å². The Labute approximate surface area is 197 Å². The largest absolute Gasteiger partial charge is 0.493 e. The van der Waals surface area contributed by atoms with Crippen molar-refractivity contribution in [1.29, 1.82) is 0 Å². The van der Waals surface area contributed by atoms with Crippen molar-refractivity contribution in [3.05, 3.63) is 77.3 Å². The molecule has 2 N–H and O–H groups in total. The normalized spacial score (nSPS) is 10.5. The highest BCUT2D eigenvalue weighted by molar-refractivity contribution is 6.32. The Kier molecular flexibility index (Phi) is 8.79. The van der Waals surface area contributed by atoms with Crippen LogP contribution >= 0.6 is 11.6 Å². The number of urea groups is 1. The molecule has 0 saturated carbocycles. The van der Waals surface area contributed by atoms with Crippen molar-refractivity contribution in [1.82, 2.24) is 5.43 Å². The van der Waals surface area contributed by atoms with Crippen LogP contribution in [0.3, 0.4) is 0 Å². The predicted molar refractivity (Wildman–Crippen MR) is 128 cm³/mol. The SMILES string of the molecule is COc1ccccc1OCCOc1c(Cl)cc(C=NNC(=O)Nc2ccccc2)cc1OC. The van der Waals surface area contributed by atoms with E-state index >= 15 is 0 Å². The molecule has 3 aromatic carbocycles. The highest BCUT2D eigenvalue weighted by atomic mass is 35.5. The standard InChI is InChI=1S/C24H24ClN3O5/c1-30-20-10-6-7-11-21(20)32-12-13-33-23-19(25)14-17(15-22(23)31-2)16-26-28-24(29)27-18-8-4-3-5-9-18/h3-11,14-16H,12-13H2,1-2H3,(H2,27,28,29). The summed E-state index contributed by atoms with van der Waals surface area (Å²) in [7, 11) is 3.09. The number of carbonyl (C=O) groups is 1. The number of hydrogen-bond donors (Lipinski definition) is 2. The van der Waals surface area contributed by atoms with Gasteiger partial charge in [0.15, 0.2) is 23.0 Å². The lowest BCUT2D eigenvalue weighted by Crippen LogP contribution is -2.24. The van der Waals surface area contributed by atoms with Crippen LogP contribution in [0, 0.1) is 0 Å². The number of ether oxygens (including phenoxy) is 4. The molecule has 0 saturated heterocycles. The Bertz CT molecular complexity index is 1090. The first kappa shape index (κ1) is 23.7. The number of anilines is 1. The molecule has 0 aromatic heterocycles. The van der Waals surface area contributed by atoms with Crippen molar-refractivity contribution in [2.24, 2.45) is 5.10 Å². The number of hydrazone groups is 1. The first-order chi connectivity index (χ1) is 16.1. The van der Waals surface area contributed by atoms with Gasteiger partial charge in [0.05, 0.1) is 25.5 Å². The molecule has 3 aromatic rings. The van der Waals surface area contributed by atoms with Crippen molar-refractivity contribution in [3.63, 3.8) is 0 Å². The predicted octanol–water partition coefficient (Wildman–Crippen LogP) is 4.97. The number of hydrogen-bond acceptors (Lipinski definition) is 6. The topological polar surface area (TPSA) is 90.4 Å². The van der Waals surface area contributed by atoms with Gasteiger partial charge in [0.1, 0.15) is 13.2 Å². The molecule has 0 aliphatic heterocycles. The first-order valence-electron chi connectivity index (χ1n) is 10.0. The van der Waals surface area contributed by atoms with Crippen molar-refractivity contribution < 1.29 is 23.7 Å². The number of halogens is 1. The van der Waals surface area contributed by atoms with Gasteiger partial charge in [-0.3, -0.25) is 0 Å². The second-order valence-corrected chi connectivity index (χ2v) is 6.98. The summed E-state index contributed by atoms with van der Waals surface area (Å²) in [4.78, 5) is 11.9. The summed E-state index contributed by atoms with van der Waals surface area (Å²) in [5, 5.41) is 6.93. The Morgan fingerprint density at radius 2 is 1.58 bits per heavy atom. The molecular formula is C24H24ClN3O5. The van der Waals surface area contributed by atoms with E-state index in [4.69, 9.17) is 30.5 Å². The summed E-state index contributed by atoms with van der Waals surface area (Å²) in [6.07, 6.45) is 1.45. The molecule has 2 amide bonds. The van der Waals surface area contributed by atoms with Crippen molar-refractivity contribution >= 4 is 29.5 Å². The van der Waals surface area contributed by atoms with Gasteiger partial charge in [-0.05, 0) is 42.0 Å². The average Bonchev–Trinajstić information content (AvgIpc) is 2.83. The molecule has 0 fully saturated rings. The van der Waals surface area contributed by atoms with Gasteiger partial charge >= 0.3 is 6.03 Å². The summed E-state index contributed by atoms with van der Waals surface area (Å²) in [6, 6.07) is 19.3. The lowest BCUT2D eigenvalue weighted by molar-refractivity contribution is 0.206. The zero-order valence-corrected chi connectivity index (χ0v) is 19.0. The number of rotatable bonds is 10. The molecule has 0 radical (unpaired) electrons. The van der Waals surface area contributed by atoms with Gasteiger partial charge in [-0.1, -0.05) is 41.9 Å². The Morgan fingerprint density at radius 1 is 0.909 bits per heavy atom. The number of carbonyl (C=O) groups excluding carboxylic acids is 1. The zero-order chi connectivity index (χ0) is 23.5. The summed E-state index contributed by atoms with van der Waals surface area (Å²) in [5.41, 5.74) is 3.67. The van der Waals surface area contributed by atoms with Gasteiger partial charge in [-0.2, -0.15) is 5.10 Å². The van der Waals surface area contributed by atoms with E-state index in [0.29, 0.717) is 39.3 Å². The lowest BCUT2D eigenvalue weighted by atomic mass is 10.2. The van der Waals surface area contributed by atoms with Gasteiger partial charge in [-0.25, -0.2) is 10.2 Å². The van der Waals surface area contributed by atoms with Crippen LogP contribution in [0.2, 0.25) is 5.02 Å². The minimum atomic E-state index is -0.467. The highest BCUT2D eigenvalue weighted by Crippen LogP contribution is 2.36. The molecule has 3 rings (SSSR count). The Balaban J connectivity index is 1.55. The Hall–Kier alpha value is -3.91. The Morgan fingerprint density at radius 3 is 2.30 bits per heavy atom. The fraction of sp³-hybridized carbons (Fsp3) is 0.167. The van der Waals surface area contributed by atoms with Crippen LogP contribution in [0.1, 0.15) is 5.56 Å². The summed E-state index contributed by atoms with van der Waals surface area (Å²) >= 11 is 6.38. The number of para-hydroxylation sites is 3. The van der Waals surface area contributed by atoms with Gasteiger partial charge < -0.3 is 24.3 Å². The summed E-state index contributed by atoms with van der Waals surface area (Å²) < 4.78 is 22.1. The maximum Gasteiger partial charge on any atom is 0.339 e. The monoisotopic (exact) mass is 469 g/mol. The van der Waals surface area contributed by atoms with E-state index < -0.39 is 6.03 Å². The maximum atomic E-state index is 11.9. The van der Waals surface area contributed by atoms with Gasteiger partial charge in [0.2, 0.25) is 0 Å². The molecule has 0 atom stereocenters. The minimum Gasteiger partial charge on any atom is -0.493 e. The van der Waals surface area contributed by atoms with Crippen LogP contribution < -0.4 is 29.7 Å². The van der Waals surface area contributed by atoms with Crippen LogP contribution in [0.25, 0.3) is 0 Å². The molecule has 8 nitrogen and oxygen atoms in total. The van der Waals surface area contributed by atoms with Gasteiger partial charge in [0.25, 0.3) is 0 Å². The minimum absolute atomic E-state index is 0.239. The number of nitrogens with zero attached hydrogens (tertiary/aromatic N) is 1. The van der Waals surface area contributed by atoms with E-state index in [1.807, 2.05) is 42.5 Å². The quantitative estimate of drug-likeness (QED) is 0.248. The second-order valence-electron chi connectivity index (χ2n) is 6.57. The smallest absolute Gasteiger partial charge is 0.339 e. The first-order valence-corrected chi connectivity index (χ1v) is 10.4. The average molecular weight is 470 g/mol.